The lowest BCUT2D eigenvalue weighted by molar-refractivity contribution is 0.198. The zero-order valence-corrected chi connectivity index (χ0v) is 18.5. The van der Waals surface area contributed by atoms with Gasteiger partial charge in [0.05, 0.1) is 12.2 Å². The summed E-state index contributed by atoms with van der Waals surface area (Å²) >= 11 is 0. The molecule has 1 aromatic carbocycles. The highest BCUT2D eigenvalue weighted by Crippen LogP contribution is 2.13. The molecule has 0 spiro atoms. The van der Waals surface area contributed by atoms with Crippen LogP contribution in [-0.2, 0) is 13.1 Å². The molecular weight excluding hydrogens is 449 g/mol. The van der Waals surface area contributed by atoms with Gasteiger partial charge < -0.3 is 10.6 Å². The molecule has 0 saturated carbocycles. The Labute approximate surface area is 179 Å². The molecular formula is C21H30IN5. The van der Waals surface area contributed by atoms with Crippen LogP contribution < -0.4 is 10.6 Å². The summed E-state index contributed by atoms with van der Waals surface area (Å²) in [7, 11) is 1.82. The van der Waals surface area contributed by atoms with Crippen molar-refractivity contribution in [1.82, 2.24) is 20.5 Å². The van der Waals surface area contributed by atoms with Crippen LogP contribution >= 0.6 is 24.0 Å². The number of halogens is 1. The fraction of sp³-hybridized carbons (Fsp3) is 0.429. The van der Waals surface area contributed by atoms with E-state index in [2.05, 4.69) is 68.8 Å². The summed E-state index contributed by atoms with van der Waals surface area (Å²) in [6.07, 6.45) is 4.11. The molecule has 2 aromatic rings. The smallest absolute Gasteiger partial charge is 0.191 e. The summed E-state index contributed by atoms with van der Waals surface area (Å²) < 4.78 is 0. The molecule has 1 aliphatic heterocycles. The van der Waals surface area contributed by atoms with Crippen molar-refractivity contribution in [1.29, 1.82) is 0 Å². The molecule has 3 rings (SSSR count). The highest BCUT2D eigenvalue weighted by Gasteiger charge is 2.20. The van der Waals surface area contributed by atoms with Crippen molar-refractivity contribution < 1.29 is 0 Å². The van der Waals surface area contributed by atoms with Crippen LogP contribution in [0.4, 0.5) is 0 Å². The average Bonchev–Trinajstić information content (AvgIpc) is 2.68. The minimum absolute atomic E-state index is 0. The molecule has 27 heavy (non-hydrogen) atoms. The lowest BCUT2D eigenvalue weighted by atomic mass is 10.0. The molecule has 1 aromatic heterocycles. The lowest BCUT2D eigenvalue weighted by Gasteiger charge is -2.33. The zero-order valence-electron chi connectivity index (χ0n) is 16.2. The Morgan fingerprint density at radius 2 is 1.89 bits per heavy atom. The van der Waals surface area contributed by atoms with Crippen LogP contribution in [0.15, 0.2) is 53.7 Å². The predicted octanol–water partition coefficient (Wildman–Crippen LogP) is 3.34. The van der Waals surface area contributed by atoms with E-state index < -0.39 is 0 Å². The Balaban J connectivity index is 0.00000261. The van der Waals surface area contributed by atoms with Crippen molar-refractivity contribution in [2.45, 2.75) is 38.9 Å². The lowest BCUT2D eigenvalue weighted by Crippen LogP contribution is -2.48. The number of aromatic nitrogens is 1. The zero-order chi connectivity index (χ0) is 18.2. The monoisotopic (exact) mass is 479 g/mol. The van der Waals surface area contributed by atoms with Crippen LogP contribution in [0.2, 0.25) is 0 Å². The van der Waals surface area contributed by atoms with Gasteiger partial charge >= 0.3 is 0 Å². The normalized spacial score (nSPS) is 15.9. The minimum Gasteiger partial charge on any atom is -0.354 e. The summed E-state index contributed by atoms with van der Waals surface area (Å²) in [5.41, 5.74) is 3.65. The van der Waals surface area contributed by atoms with E-state index in [1.807, 2.05) is 19.3 Å². The summed E-state index contributed by atoms with van der Waals surface area (Å²) in [5.74, 6) is 0.858. The molecule has 0 aliphatic carbocycles. The van der Waals surface area contributed by atoms with Crippen molar-refractivity contribution in [2.75, 3.05) is 20.1 Å². The van der Waals surface area contributed by atoms with Crippen molar-refractivity contribution >= 4 is 29.9 Å². The van der Waals surface area contributed by atoms with Crippen LogP contribution in [-0.4, -0.2) is 42.0 Å². The molecule has 0 unspecified atom stereocenters. The minimum atomic E-state index is 0. The molecule has 2 N–H and O–H groups in total. The Kier molecular flexibility index (Phi) is 9.00. The maximum absolute atomic E-state index is 4.43. The second-order valence-corrected chi connectivity index (χ2v) is 6.87. The van der Waals surface area contributed by atoms with Gasteiger partial charge in [0.25, 0.3) is 0 Å². The van der Waals surface area contributed by atoms with E-state index in [4.69, 9.17) is 0 Å². The van der Waals surface area contributed by atoms with E-state index in [0.717, 1.165) is 44.1 Å². The molecule has 6 heteroatoms. The van der Waals surface area contributed by atoms with E-state index in [-0.39, 0.29) is 24.0 Å². The van der Waals surface area contributed by atoms with Crippen molar-refractivity contribution in [3.05, 3.63) is 65.5 Å². The number of nitrogens with zero attached hydrogens (tertiary/aromatic N) is 3. The number of benzene rings is 1. The number of aryl methyl sites for hydroxylation is 1. The molecule has 1 saturated heterocycles. The van der Waals surface area contributed by atoms with Gasteiger partial charge in [-0.3, -0.25) is 14.9 Å². The number of aliphatic imine (C=N–C) groups is 1. The Bertz CT molecular complexity index is 712. The van der Waals surface area contributed by atoms with Gasteiger partial charge in [-0.15, -0.1) is 24.0 Å². The van der Waals surface area contributed by atoms with E-state index >= 15 is 0 Å². The largest absolute Gasteiger partial charge is 0.354 e. The van der Waals surface area contributed by atoms with Gasteiger partial charge in [0.2, 0.25) is 0 Å². The first-order valence-electron chi connectivity index (χ1n) is 9.38. The van der Waals surface area contributed by atoms with Gasteiger partial charge in [-0.1, -0.05) is 36.4 Å². The van der Waals surface area contributed by atoms with Crippen molar-refractivity contribution in [2.24, 2.45) is 4.99 Å². The van der Waals surface area contributed by atoms with Gasteiger partial charge in [0.1, 0.15) is 0 Å². The van der Waals surface area contributed by atoms with Gasteiger partial charge in [0, 0.05) is 38.9 Å². The van der Waals surface area contributed by atoms with E-state index in [0.29, 0.717) is 12.6 Å². The van der Waals surface area contributed by atoms with E-state index in [1.54, 1.807) is 0 Å². The maximum atomic E-state index is 4.43. The van der Waals surface area contributed by atoms with Gasteiger partial charge in [-0.05, 0) is 37.0 Å². The summed E-state index contributed by atoms with van der Waals surface area (Å²) in [4.78, 5) is 11.3. The molecule has 0 amide bonds. The number of pyridine rings is 1. The average molecular weight is 479 g/mol. The van der Waals surface area contributed by atoms with Crippen molar-refractivity contribution in [3.8, 4) is 0 Å². The third kappa shape index (κ3) is 6.77. The standard InChI is InChI=1S/C21H29N5.HI/c1-17-7-6-12-23-20(17)15-24-21(22-2)25-19-10-13-26(14-11-19)16-18-8-4-3-5-9-18;/h3-9,12,19H,10-11,13-16H2,1-2H3,(H2,22,24,25);1H. The van der Waals surface area contributed by atoms with Crippen LogP contribution in [0, 0.1) is 6.92 Å². The quantitative estimate of drug-likeness (QED) is 0.393. The third-order valence-corrected chi connectivity index (χ3v) is 4.94. The number of rotatable bonds is 5. The summed E-state index contributed by atoms with van der Waals surface area (Å²) in [6, 6.07) is 15.2. The number of hydrogen-bond acceptors (Lipinski definition) is 3. The second-order valence-electron chi connectivity index (χ2n) is 6.87. The van der Waals surface area contributed by atoms with Crippen molar-refractivity contribution in [3.63, 3.8) is 0 Å². The molecule has 0 radical (unpaired) electrons. The molecule has 5 nitrogen and oxygen atoms in total. The predicted molar refractivity (Wildman–Crippen MR) is 122 cm³/mol. The maximum Gasteiger partial charge on any atom is 0.191 e. The molecule has 1 fully saturated rings. The van der Waals surface area contributed by atoms with E-state index in [9.17, 15) is 0 Å². The number of guanidine groups is 1. The van der Waals surface area contributed by atoms with Crippen LogP contribution in [0.1, 0.15) is 29.7 Å². The number of nitrogens with one attached hydrogen (secondary N) is 2. The molecule has 1 aliphatic rings. The first kappa shape index (κ1) is 21.6. The first-order chi connectivity index (χ1) is 12.7. The van der Waals surface area contributed by atoms with Gasteiger partial charge in [-0.25, -0.2) is 0 Å². The van der Waals surface area contributed by atoms with Crippen LogP contribution in [0.25, 0.3) is 0 Å². The van der Waals surface area contributed by atoms with Crippen LogP contribution in [0.3, 0.4) is 0 Å². The molecule has 0 atom stereocenters. The second kappa shape index (κ2) is 11.2. The van der Waals surface area contributed by atoms with E-state index in [1.165, 1.54) is 11.1 Å². The third-order valence-electron chi connectivity index (χ3n) is 4.94. The summed E-state index contributed by atoms with van der Waals surface area (Å²) in [6.45, 7) is 6.05. The molecule has 2 heterocycles. The van der Waals surface area contributed by atoms with Gasteiger partial charge in [0.15, 0.2) is 5.96 Å². The topological polar surface area (TPSA) is 52.6 Å². The fourth-order valence-corrected chi connectivity index (χ4v) is 3.34. The highest BCUT2D eigenvalue weighted by atomic mass is 127. The number of piperidine rings is 1. The van der Waals surface area contributed by atoms with Crippen LogP contribution in [0.5, 0.6) is 0 Å². The SMILES string of the molecule is CN=C(NCc1ncccc1C)NC1CCN(Cc2ccccc2)CC1.I. The first-order valence-corrected chi connectivity index (χ1v) is 9.38. The Hall–Kier alpha value is -1.67. The van der Waals surface area contributed by atoms with Gasteiger partial charge in [-0.2, -0.15) is 0 Å². The fourth-order valence-electron chi connectivity index (χ4n) is 3.34. The Morgan fingerprint density at radius 1 is 1.15 bits per heavy atom. The highest BCUT2D eigenvalue weighted by molar-refractivity contribution is 14.0. The molecule has 0 bridgehead atoms. The number of hydrogen-bond donors (Lipinski definition) is 2. The molecule has 146 valence electrons. The Morgan fingerprint density at radius 3 is 2.56 bits per heavy atom. The summed E-state index contributed by atoms with van der Waals surface area (Å²) in [5, 5.41) is 6.95. The number of likely N-dealkylation sites (tertiary alicyclic amines) is 1.